The summed E-state index contributed by atoms with van der Waals surface area (Å²) in [6.45, 7) is 5.15. The molecule has 8 heteroatoms. The van der Waals surface area contributed by atoms with Crippen LogP contribution in [0, 0.1) is 0 Å². The number of rotatable bonds is 11. The molecule has 0 aliphatic carbocycles. The quantitative estimate of drug-likeness (QED) is 0.416. The van der Waals surface area contributed by atoms with Gasteiger partial charge in [-0.15, -0.1) is 11.8 Å². The number of ether oxygens (including phenoxy) is 2. The fourth-order valence-electron chi connectivity index (χ4n) is 2.41. The maximum absolute atomic E-state index is 12.4. The van der Waals surface area contributed by atoms with Crippen LogP contribution in [0.15, 0.2) is 52.5 Å². The molecule has 1 heterocycles. The zero-order chi connectivity index (χ0) is 19.7. The lowest BCUT2D eigenvalue weighted by atomic mass is 10.3. The molecule has 0 amide bonds. The second-order valence-electron chi connectivity index (χ2n) is 5.65. The molecule has 148 valence electrons. The van der Waals surface area contributed by atoms with Gasteiger partial charge in [-0.3, -0.25) is 0 Å². The Bertz CT molecular complexity index is 789. The Morgan fingerprint density at radius 1 is 1.04 bits per heavy atom. The number of methoxy groups -OCH3 is 1. The molecule has 0 aliphatic heterocycles. The molecule has 0 fully saturated rings. The minimum absolute atomic E-state index is 0.235. The number of benzene rings is 1. The van der Waals surface area contributed by atoms with Gasteiger partial charge in [0.2, 0.25) is 10.0 Å². The van der Waals surface area contributed by atoms with Crippen LogP contribution in [0.25, 0.3) is 0 Å². The molecule has 0 saturated heterocycles. The number of aromatic nitrogens is 1. The van der Waals surface area contributed by atoms with Crippen molar-refractivity contribution in [3.05, 3.63) is 42.6 Å². The van der Waals surface area contributed by atoms with Gasteiger partial charge >= 0.3 is 0 Å². The van der Waals surface area contributed by atoms with Crippen molar-refractivity contribution in [2.75, 3.05) is 32.6 Å². The van der Waals surface area contributed by atoms with Gasteiger partial charge in [-0.1, -0.05) is 13.8 Å². The number of nitrogens with zero attached hydrogens (tertiary/aromatic N) is 2. The van der Waals surface area contributed by atoms with E-state index in [0.29, 0.717) is 19.7 Å². The highest BCUT2D eigenvalue weighted by atomic mass is 32.2. The highest BCUT2D eigenvalue weighted by Gasteiger charge is 2.21. The molecule has 0 aliphatic rings. The predicted octanol–water partition coefficient (Wildman–Crippen LogP) is 3.68. The van der Waals surface area contributed by atoms with Crippen molar-refractivity contribution in [2.45, 2.75) is 30.2 Å². The number of hydrogen-bond acceptors (Lipinski definition) is 6. The molecule has 0 saturated carbocycles. The Hall–Kier alpha value is -1.77. The first-order chi connectivity index (χ1) is 13.0. The minimum atomic E-state index is -3.45. The predicted molar refractivity (Wildman–Crippen MR) is 108 cm³/mol. The molecular formula is C19H26N2O4S2. The van der Waals surface area contributed by atoms with Crippen LogP contribution in [0.5, 0.6) is 11.5 Å². The van der Waals surface area contributed by atoms with Crippen molar-refractivity contribution in [3.8, 4) is 11.5 Å². The van der Waals surface area contributed by atoms with E-state index >= 15 is 0 Å². The van der Waals surface area contributed by atoms with E-state index in [4.69, 9.17) is 9.47 Å². The van der Waals surface area contributed by atoms with E-state index < -0.39 is 10.0 Å². The van der Waals surface area contributed by atoms with Crippen LogP contribution in [0.1, 0.15) is 20.3 Å². The van der Waals surface area contributed by atoms with E-state index in [0.717, 1.165) is 28.7 Å². The Labute approximate surface area is 165 Å². The second kappa shape index (κ2) is 10.5. The monoisotopic (exact) mass is 410 g/mol. The minimum Gasteiger partial charge on any atom is -0.497 e. The molecule has 1 aromatic carbocycles. The van der Waals surface area contributed by atoms with Crippen molar-refractivity contribution >= 4 is 21.8 Å². The van der Waals surface area contributed by atoms with E-state index in [2.05, 4.69) is 4.98 Å². The summed E-state index contributed by atoms with van der Waals surface area (Å²) in [5.41, 5.74) is 0. The molecule has 0 N–H and O–H groups in total. The van der Waals surface area contributed by atoms with Crippen LogP contribution >= 0.6 is 11.8 Å². The summed E-state index contributed by atoms with van der Waals surface area (Å²) in [5.74, 6) is 2.45. The number of thioether (sulfide) groups is 1. The van der Waals surface area contributed by atoms with Crippen molar-refractivity contribution in [2.24, 2.45) is 0 Å². The largest absolute Gasteiger partial charge is 0.497 e. The van der Waals surface area contributed by atoms with Crippen molar-refractivity contribution in [3.63, 3.8) is 0 Å². The summed E-state index contributed by atoms with van der Waals surface area (Å²) >= 11 is 1.58. The van der Waals surface area contributed by atoms with Gasteiger partial charge in [-0.2, -0.15) is 4.31 Å². The SMILES string of the molecule is CCN(CC)S(=O)(=O)c1ccc(SCCCOc2ccc(OC)cc2)nc1. The van der Waals surface area contributed by atoms with Gasteiger partial charge in [0.1, 0.15) is 16.4 Å². The first-order valence-corrected chi connectivity index (χ1v) is 11.3. The van der Waals surface area contributed by atoms with Crippen LogP contribution in [0.3, 0.4) is 0 Å². The van der Waals surface area contributed by atoms with Gasteiger partial charge in [0, 0.05) is 25.0 Å². The highest BCUT2D eigenvalue weighted by Crippen LogP contribution is 2.21. The third-order valence-electron chi connectivity index (χ3n) is 3.92. The molecule has 0 unspecified atom stereocenters. The summed E-state index contributed by atoms with van der Waals surface area (Å²) in [7, 11) is -1.82. The fraction of sp³-hybridized carbons (Fsp3) is 0.421. The van der Waals surface area contributed by atoms with E-state index in [1.807, 2.05) is 38.1 Å². The summed E-state index contributed by atoms with van der Waals surface area (Å²) in [6, 6.07) is 10.9. The van der Waals surface area contributed by atoms with E-state index in [1.165, 1.54) is 10.5 Å². The van der Waals surface area contributed by atoms with E-state index in [-0.39, 0.29) is 4.90 Å². The topological polar surface area (TPSA) is 68.7 Å². The zero-order valence-electron chi connectivity index (χ0n) is 15.9. The molecule has 1 aromatic heterocycles. The lowest BCUT2D eigenvalue weighted by Crippen LogP contribution is -2.30. The smallest absolute Gasteiger partial charge is 0.244 e. The van der Waals surface area contributed by atoms with Crippen LogP contribution < -0.4 is 9.47 Å². The second-order valence-corrected chi connectivity index (χ2v) is 8.70. The molecule has 0 radical (unpaired) electrons. The van der Waals surface area contributed by atoms with Crippen LogP contribution in [-0.2, 0) is 10.0 Å². The van der Waals surface area contributed by atoms with Gasteiger partial charge in [-0.25, -0.2) is 13.4 Å². The Kier molecular flexibility index (Phi) is 8.40. The number of hydrogen-bond donors (Lipinski definition) is 0. The number of pyridine rings is 1. The summed E-state index contributed by atoms with van der Waals surface area (Å²) in [4.78, 5) is 4.51. The molecule has 2 aromatic rings. The molecule has 0 bridgehead atoms. The van der Waals surface area contributed by atoms with Crippen LogP contribution in [-0.4, -0.2) is 50.3 Å². The van der Waals surface area contributed by atoms with Crippen LogP contribution in [0.4, 0.5) is 0 Å². The maximum Gasteiger partial charge on any atom is 0.244 e. The Morgan fingerprint density at radius 3 is 2.26 bits per heavy atom. The average molecular weight is 411 g/mol. The molecule has 6 nitrogen and oxygen atoms in total. The Balaban J connectivity index is 1.78. The van der Waals surface area contributed by atoms with Crippen molar-refractivity contribution in [1.82, 2.24) is 9.29 Å². The third kappa shape index (κ3) is 6.12. The summed E-state index contributed by atoms with van der Waals surface area (Å²) < 4.78 is 37.1. The summed E-state index contributed by atoms with van der Waals surface area (Å²) in [6.07, 6.45) is 2.29. The third-order valence-corrected chi connectivity index (χ3v) is 6.98. The first-order valence-electron chi connectivity index (χ1n) is 8.87. The molecule has 27 heavy (non-hydrogen) atoms. The molecule has 2 rings (SSSR count). The van der Waals surface area contributed by atoms with Gasteiger partial charge in [-0.05, 0) is 42.8 Å². The number of sulfonamides is 1. The standard InChI is InChI=1S/C19H26N2O4S2/c1-4-21(5-2)27(22,23)18-11-12-19(20-15-18)26-14-6-13-25-17-9-7-16(24-3)8-10-17/h7-12,15H,4-6,13-14H2,1-3H3. The molecule has 0 spiro atoms. The highest BCUT2D eigenvalue weighted by molar-refractivity contribution is 7.99. The summed E-state index contributed by atoms with van der Waals surface area (Å²) in [5, 5.41) is 0.804. The Morgan fingerprint density at radius 2 is 1.70 bits per heavy atom. The maximum atomic E-state index is 12.4. The normalized spacial score (nSPS) is 11.6. The van der Waals surface area contributed by atoms with Crippen LogP contribution in [0.2, 0.25) is 0 Å². The fourth-order valence-corrected chi connectivity index (χ4v) is 4.58. The van der Waals surface area contributed by atoms with Gasteiger partial charge in [0.05, 0.1) is 18.7 Å². The molecular weight excluding hydrogens is 384 g/mol. The lowest BCUT2D eigenvalue weighted by Gasteiger charge is -2.18. The zero-order valence-corrected chi connectivity index (χ0v) is 17.6. The lowest BCUT2D eigenvalue weighted by molar-refractivity contribution is 0.318. The van der Waals surface area contributed by atoms with E-state index in [9.17, 15) is 8.42 Å². The van der Waals surface area contributed by atoms with Crippen molar-refractivity contribution in [1.29, 1.82) is 0 Å². The van der Waals surface area contributed by atoms with Gasteiger partial charge < -0.3 is 9.47 Å². The van der Waals surface area contributed by atoms with Gasteiger partial charge in [0.15, 0.2) is 0 Å². The van der Waals surface area contributed by atoms with Crippen molar-refractivity contribution < 1.29 is 17.9 Å². The molecule has 0 atom stereocenters. The van der Waals surface area contributed by atoms with Gasteiger partial charge in [0.25, 0.3) is 0 Å². The van der Waals surface area contributed by atoms with E-state index in [1.54, 1.807) is 31.0 Å². The average Bonchev–Trinajstić information content (AvgIpc) is 2.69. The first kappa shape index (κ1) is 21.5.